The van der Waals surface area contributed by atoms with Crippen LogP contribution < -0.4 is 0 Å². The Balaban J connectivity index is 3.17. The van der Waals surface area contributed by atoms with Crippen LogP contribution >= 0.6 is 0 Å². The summed E-state index contributed by atoms with van der Waals surface area (Å²) in [7, 11) is -6.73. The van der Waals surface area contributed by atoms with Crippen molar-refractivity contribution < 1.29 is 61.6 Å². The molecule has 0 aliphatic carbocycles. The molecule has 1 rings (SSSR count). The van der Waals surface area contributed by atoms with Gasteiger partial charge < -0.3 is 0 Å². The maximum absolute atomic E-state index is 14.0. The Bertz CT molecular complexity index is 514. The number of piperidine rings is 1. The second-order valence-electron chi connectivity index (χ2n) is 4.84. The van der Waals surface area contributed by atoms with E-state index < -0.39 is 64.2 Å². The van der Waals surface area contributed by atoms with Crippen molar-refractivity contribution in [2.24, 2.45) is 11.8 Å². The van der Waals surface area contributed by atoms with Crippen molar-refractivity contribution >= 4 is 10.1 Å². The molecule has 15 heteroatoms. The first kappa shape index (κ1) is 20.2. The van der Waals surface area contributed by atoms with E-state index in [2.05, 4.69) is 4.28 Å². The molecule has 1 saturated heterocycles. The highest BCUT2D eigenvalue weighted by Crippen LogP contribution is 2.45. The lowest BCUT2D eigenvalue weighted by molar-refractivity contribution is -1.20. The number of alkyl halides is 9. The van der Waals surface area contributed by atoms with Gasteiger partial charge in [-0.25, -0.2) is 0 Å². The summed E-state index contributed by atoms with van der Waals surface area (Å²) in [6, 6.07) is 0. The van der Waals surface area contributed by atoms with Gasteiger partial charge in [0, 0.05) is 9.35 Å². The van der Waals surface area contributed by atoms with Crippen LogP contribution in [0, 0.1) is 11.8 Å². The summed E-state index contributed by atoms with van der Waals surface area (Å²) in [5, 5.41) is 0. The van der Waals surface area contributed by atoms with Gasteiger partial charge in [0.25, 0.3) is 0 Å². The molecule has 0 aromatic rings. The molecular weight excluding hydrogens is 380 g/mol. The SMILES string of the molecule is O=S(=O)(O[N+]1(F)CC(C(F)(F)F)CC(C(F)(F)F)C1)C(F)(F)F. The van der Waals surface area contributed by atoms with E-state index in [0.717, 1.165) is 0 Å². The molecule has 0 bridgehead atoms. The first-order chi connectivity index (χ1) is 9.87. The third-order valence-electron chi connectivity index (χ3n) is 3.00. The molecule has 23 heavy (non-hydrogen) atoms. The number of nitrogens with zero attached hydrogens (tertiary/aromatic N) is 1. The van der Waals surface area contributed by atoms with Crippen LogP contribution in [0.3, 0.4) is 0 Å². The molecule has 1 aliphatic rings. The van der Waals surface area contributed by atoms with Gasteiger partial charge >= 0.3 is 28.0 Å². The predicted octanol–water partition coefficient (Wildman–Crippen LogP) is 3.23. The minimum absolute atomic E-state index is 1.65. The molecule has 0 radical (unpaired) electrons. The van der Waals surface area contributed by atoms with Crippen LogP contribution in [0.1, 0.15) is 6.42 Å². The molecule has 0 amide bonds. The Labute approximate surface area is 122 Å². The molecule has 138 valence electrons. The molecule has 0 N–H and O–H groups in total. The number of rotatable bonds is 2. The third kappa shape index (κ3) is 4.82. The molecule has 2 unspecified atom stereocenters. The lowest BCUT2D eigenvalue weighted by atomic mass is 9.89. The summed E-state index contributed by atoms with van der Waals surface area (Å²) >= 11 is 0. The van der Waals surface area contributed by atoms with Gasteiger partial charge in [0.1, 0.15) is 11.8 Å². The maximum atomic E-state index is 14.0. The van der Waals surface area contributed by atoms with Gasteiger partial charge in [-0.15, -0.1) is 0 Å². The quantitative estimate of drug-likeness (QED) is 0.415. The normalized spacial score (nSPS) is 31.2. The van der Waals surface area contributed by atoms with Crippen LogP contribution in [-0.4, -0.2) is 44.2 Å². The Hall–Kier alpha value is -0.830. The zero-order valence-electron chi connectivity index (χ0n) is 10.6. The average molecular weight is 388 g/mol. The summed E-state index contributed by atoms with van der Waals surface area (Å²) in [6.45, 7) is -4.10. The van der Waals surface area contributed by atoms with Crippen LogP contribution in [-0.2, 0) is 14.4 Å². The second kappa shape index (κ2) is 5.61. The second-order valence-corrected chi connectivity index (χ2v) is 6.36. The Kier molecular flexibility index (Phi) is 4.93. The van der Waals surface area contributed by atoms with Gasteiger partial charge in [0.2, 0.25) is 0 Å². The van der Waals surface area contributed by atoms with E-state index in [4.69, 9.17) is 0 Å². The molecule has 1 fully saturated rings. The number of hydroxylamine groups is 2. The summed E-state index contributed by atoms with van der Waals surface area (Å²) < 4.78 is 150. The number of hydrogen-bond donors (Lipinski definition) is 0. The smallest absolute Gasteiger partial charge is 0.184 e. The molecule has 0 aromatic heterocycles. The number of hydrogen-bond acceptors (Lipinski definition) is 3. The number of halogens is 10. The van der Waals surface area contributed by atoms with Crippen LogP contribution in [0.25, 0.3) is 0 Å². The van der Waals surface area contributed by atoms with E-state index >= 15 is 0 Å². The highest BCUT2D eigenvalue weighted by molar-refractivity contribution is 7.87. The fourth-order valence-electron chi connectivity index (χ4n) is 1.98. The molecule has 1 heterocycles. The highest BCUT2D eigenvalue weighted by atomic mass is 32.2. The van der Waals surface area contributed by atoms with Crippen molar-refractivity contribution in [3.8, 4) is 0 Å². The summed E-state index contributed by atoms with van der Waals surface area (Å²) in [6.07, 6.45) is -12.4. The van der Waals surface area contributed by atoms with Crippen molar-refractivity contribution in [1.82, 2.24) is 0 Å². The van der Waals surface area contributed by atoms with E-state index in [1.165, 1.54) is 0 Å². The summed E-state index contributed by atoms with van der Waals surface area (Å²) in [5.41, 5.74) is -6.21. The van der Waals surface area contributed by atoms with E-state index in [1.807, 2.05) is 0 Å². The van der Waals surface area contributed by atoms with Gasteiger partial charge in [-0.2, -0.15) is 47.9 Å². The van der Waals surface area contributed by atoms with Crippen LogP contribution in [0.4, 0.5) is 44.0 Å². The summed E-state index contributed by atoms with van der Waals surface area (Å²) in [4.78, 5) is -3.50. The van der Waals surface area contributed by atoms with Crippen LogP contribution in [0.5, 0.6) is 0 Å². The lowest BCUT2D eigenvalue weighted by Gasteiger charge is -2.36. The average Bonchev–Trinajstić information content (AvgIpc) is 2.22. The van der Waals surface area contributed by atoms with Crippen molar-refractivity contribution in [3.63, 3.8) is 0 Å². The lowest BCUT2D eigenvalue weighted by Crippen LogP contribution is -2.58. The zero-order valence-corrected chi connectivity index (χ0v) is 11.5. The third-order valence-corrected chi connectivity index (χ3v) is 4.03. The molecule has 0 aromatic carbocycles. The molecule has 0 saturated carbocycles. The van der Waals surface area contributed by atoms with Crippen molar-refractivity contribution in [1.29, 1.82) is 0 Å². The number of quaternary nitrogens is 1. The highest BCUT2D eigenvalue weighted by Gasteiger charge is 2.63. The molecule has 1 aliphatic heterocycles. The van der Waals surface area contributed by atoms with Crippen molar-refractivity contribution in [2.75, 3.05) is 13.1 Å². The minimum atomic E-state index is -6.73. The van der Waals surface area contributed by atoms with E-state index in [0.29, 0.717) is 0 Å². The predicted molar refractivity (Wildman–Crippen MR) is 50.9 cm³/mol. The zero-order chi connectivity index (χ0) is 18.5. The van der Waals surface area contributed by atoms with E-state index in [1.54, 1.807) is 0 Å². The van der Waals surface area contributed by atoms with Gasteiger partial charge in [-0.3, -0.25) is 0 Å². The van der Waals surface area contributed by atoms with Crippen molar-refractivity contribution in [2.45, 2.75) is 24.3 Å². The van der Waals surface area contributed by atoms with E-state index in [-0.39, 0.29) is 0 Å². The standard InChI is InChI=1S/C8H8F10NO3S/c9-6(10,11)4-1-5(7(12,13)14)3-19(18,2-4)22-23(20,21)8(15,16)17/h4-5H,1-3H2/q+1. The molecular formula is C8H8F10NO3S+. The van der Waals surface area contributed by atoms with E-state index in [9.17, 15) is 52.4 Å². The van der Waals surface area contributed by atoms with Crippen molar-refractivity contribution in [3.05, 3.63) is 0 Å². The topological polar surface area (TPSA) is 43.4 Å². The van der Waals surface area contributed by atoms with Gasteiger partial charge in [-0.1, -0.05) is 0 Å². The summed E-state index contributed by atoms with van der Waals surface area (Å²) in [5.74, 6) is -6.06. The Morgan fingerprint density at radius 2 is 1.17 bits per heavy atom. The van der Waals surface area contributed by atoms with Crippen LogP contribution in [0.2, 0.25) is 0 Å². The molecule has 4 nitrogen and oxygen atoms in total. The first-order valence-electron chi connectivity index (χ1n) is 5.60. The van der Waals surface area contributed by atoms with Gasteiger partial charge in [0.15, 0.2) is 13.1 Å². The fraction of sp³-hybridized carbons (Fsp3) is 1.00. The maximum Gasteiger partial charge on any atom is 0.528 e. The minimum Gasteiger partial charge on any atom is -0.184 e. The van der Waals surface area contributed by atoms with Crippen LogP contribution in [0.15, 0.2) is 0 Å². The monoisotopic (exact) mass is 388 g/mol. The molecule has 2 atom stereocenters. The fourth-order valence-corrected chi connectivity index (χ4v) is 2.54. The largest absolute Gasteiger partial charge is 0.528 e. The van der Waals surface area contributed by atoms with Gasteiger partial charge in [0.05, 0.1) is 0 Å². The Morgan fingerprint density at radius 3 is 1.43 bits per heavy atom. The molecule has 0 spiro atoms. The van der Waals surface area contributed by atoms with Gasteiger partial charge in [-0.05, 0) is 10.7 Å². The Morgan fingerprint density at radius 1 is 0.826 bits per heavy atom. The first-order valence-corrected chi connectivity index (χ1v) is 7.01.